The van der Waals surface area contributed by atoms with Gasteiger partial charge in [-0.1, -0.05) is 20.3 Å². The standard InChI is InChI=1S/C14H20N2S/c1-3-5-12(4-2)16-17-13-6-7-14-11(10-13)8-9-15-14/h6-10,12,15-16H,3-5H2,1-2H3. The lowest BCUT2D eigenvalue weighted by Crippen LogP contribution is -2.21. The Labute approximate surface area is 107 Å². The second kappa shape index (κ2) is 6.12. The lowest BCUT2D eigenvalue weighted by atomic mass is 10.1. The van der Waals surface area contributed by atoms with Crippen LogP contribution in [0, 0.1) is 0 Å². The molecule has 2 N–H and O–H groups in total. The highest BCUT2D eigenvalue weighted by Crippen LogP contribution is 2.22. The van der Waals surface area contributed by atoms with Gasteiger partial charge in [0.05, 0.1) is 0 Å². The highest BCUT2D eigenvalue weighted by Gasteiger charge is 2.05. The minimum atomic E-state index is 0.618. The summed E-state index contributed by atoms with van der Waals surface area (Å²) in [7, 11) is 0. The minimum Gasteiger partial charge on any atom is -0.361 e. The van der Waals surface area contributed by atoms with Gasteiger partial charge in [0.1, 0.15) is 0 Å². The maximum Gasteiger partial charge on any atom is 0.0454 e. The first-order valence-corrected chi connectivity index (χ1v) is 7.14. The lowest BCUT2D eigenvalue weighted by Gasteiger charge is -2.14. The maximum atomic E-state index is 3.55. The molecule has 0 fully saturated rings. The van der Waals surface area contributed by atoms with Crippen molar-refractivity contribution in [2.75, 3.05) is 0 Å². The van der Waals surface area contributed by atoms with E-state index >= 15 is 0 Å². The second-order valence-electron chi connectivity index (χ2n) is 4.34. The Balaban J connectivity index is 1.97. The van der Waals surface area contributed by atoms with Crippen molar-refractivity contribution in [3.8, 4) is 0 Å². The Kier molecular flexibility index (Phi) is 4.51. The van der Waals surface area contributed by atoms with Gasteiger partial charge in [0, 0.05) is 28.0 Å². The third-order valence-electron chi connectivity index (χ3n) is 3.00. The van der Waals surface area contributed by atoms with Crippen LogP contribution in [-0.2, 0) is 0 Å². The van der Waals surface area contributed by atoms with Crippen LogP contribution < -0.4 is 4.72 Å². The van der Waals surface area contributed by atoms with Gasteiger partial charge in [-0.05, 0) is 49.1 Å². The summed E-state index contributed by atoms with van der Waals surface area (Å²) in [6, 6.07) is 9.26. The molecule has 1 aromatic carbocycles. The highest BCUT2D eigenvalue weighted by molar-refractivity contribution is 7.97. The van der Waals surface area contributed by atoms with Crippen LogP contribution >= 0.6 is 11.9 Å². The summed E-state index contributed by atoms with van der Waals surface area (Å²) in [5, 5.41) is 1.28. The minimum absolute atomic E-state index is 0.618. The predicted octanol–water partition coefficient (Wildman–Crippen LogP) is 4.34. The molecule has 1 aromatic heterocycles. The van der Waals surface area contributed by atoms with E-state index in [-0.39, 0.29) is 0 Å². The van der Waals surface area contributed by atoms with Gasteiger partial charge < -0.3 is 4.98 Å². The summed E-state index contributed by atoms with van der Waals surface area (Å²) in [6.07, 6.45) is 5.66. The number of aromatic nitrogens is 1. The number of H-pyrrole nitrogens is 1. The van der Waals surface area contributed by atoms with Crippen LogP contribution in [0.25, 0.3) is 10.9 Å². The molecule has 1 heterocycles. The monoisotopic (exact) mass is 248 g/mol. The van der Waals surface area contributed by atoms with Crippen molar-refractivity contribution >= 4 is 22.9 Å². The first-order chi connectivity index (χ1) is 8.33. The molecule has 0 aliphatic heterocycles. The van der Waals surface area contributed by atoms with Crippen LogP contribution in [0.5, 0.6) is 0 Å². The molecule has 0 saturated heterocycles. The maximum absolute atomic E-state index is 3.55. The van der Waals surface area contributed by atoms with Gasteiger partial charge in [-0.25, -0.2) is 0 Å². The Morgan fingerprint density at radius 2 is 2.18 bits per heavy atom. The number of rotatable bonds is 6. The molecule has 0 bridgehead atoms. The van der Waals surface area contributed by atoms with Crippen molar-refractivity contribution in [3.63, 3.8) is 0 Å². The fourth-order valence-corrected chi connectivity index (χ4v) is 2.85. The summed E-state index contributed by atoms with van der Waals surface area (Å²) in [6.45, 7) is 4.48. The number of benzene rings is 1. The molecular weight excluding hydrogens is 228 g/mol. The van der Waals surface area contributed by atoms with E-state index in [0.717, 1.165) is 0 Å². The van der Waals surface area contributed by atoms with Crippen LogP contribution in [0.1, 0.15) is 33.1 Å². The Hall–Kier alpha value is -0.930. The van der Waals surface area contributed by atoms with Gasteiger partial charge in [0.2, 0.25) is 0 Å². The normalized spacial score (nSPS) is 13.1. The number of hydrogen-bond donors (Lipinski definition) is 2. The number of nitrogens with one attached hydrogen (secondary N) is 2. The first kappa shape index (κ1) is 12.5. The molecule has 17 heavy (non-hydrogen) atoms. The third-order valence-corrected chi connectivity index (χ3v) is 3.94. The van der Waals surface area contributed by atoms with Crippen molar-refractivity contribution in [2.45, 2.75) is 44.0 Å². The van der Waals surface area contributed by atoms with Gasteiger partial charge in [0.15, 0.2) is 0 Å². The molecule has 2 nitrogen and oxygen atoms in total. The molecular formula is C14H20N2S. The number of fused-ring (bicyclic) bond motifs is 1. The van der Waals surface area contributed by atoms with E-state index in [1.54, 1.807) is 11.9 Å². The SMILES string of the molecule is CCCC(CC)NSc1ccc2[nH]ccc2c1. The Morgan fingerprint density at radius 1 is 1.29 bits per heavy atom. The van der Waals surface area contributed by atoms with Crippen LogP contribution in [0.4, 0.5) is 0 Å². The summed E-state index contributed by atoms with van der Waals surface area (Å²) < 4.78 is 3.55. The Morgan fingerprint density at radius 3 is 2.94 bits per heavy atom. The van der Waals surface area contributed by atoms with Crippen molar-refractivity contribution in [3.05, 3.63) is 30.5 Å². The zero-order valence-electron chi connectivity index (χ0n) is 10.5. The van der Waals surface area contributed by atoms with Crippen LogP contribution in [0.3, 0.4) is 0 Å². The molecule has 0 aliphatic carbocycles. The second-order valence-corrected chi connectivity index (χ2v) is 5.25. The van der Waals surface area contributed by atoms with Gasteiger partial charge in [-0.15, -0.1) is 0 Å². The fourth-order valence-electron chi connectivity index (χ4n) is 1.94. The lowest BCUT2D eigenvalue weighted by molar-refractivity contribution is 0.555. The van der Waals surface area contributed by atoms with Gasteiger partial charge in [0.25, 0.3) is 0 Å². The molecule has 0 spiro atoms. The molecule has 2 aromatic rings. The molecule has 0 radical (unpaired) electrons. The zero-order valence-corrected chi connectivity index (χ0v) is 11.3. The number of aromatic amines is 1. The summed E-state index contributed by atoms with van der Waals surface area (Å²) in [5.74, 6) is 0. The molecule has 92 valence electrons. The van der Waals surface area contributed by atoms with E-state index in [2.05, 4.69) is 47.8 Å². The molecule has 1 atom stereocenters. The van der Waals surface area contributed by atoms with Crippen molar-refractivity contribution < 1.29 is 0 Å². The average Bonchev–Trinajstić information content (AvgIpc) is 2.81. The van der Waals surface area contributed by atoms with Crippen molar-refractivity contribution in [1.82, 2.24) is 9.71 Å². The summed E-state index contributed by atoms with van der Waals surface area (Å²) in [4.78, 5) is 4.50. The smallest absolute Gasteiger partial charge is 0.0454 e. The molecule has 1 unspecified atom stereocenters. The van der Waals surface area contributed by atoms with Gasteiger partial charge in [-0.2, -0.15) is 0 Å². The largest absolute Gasteiger partial charge is 0.361 e. The molecule has 0 amide bonds. The van der Waals surface area contributed by atoms with E-state index in [9.17, 15) is 0 Å². The molecule has 0 saturated carbocycles. The average molecular weight is 248 g/mol. The quantitative estimate of drug-likeness (QED) is 0.744. The number of hydrogen-bond acceptors (Lipinski definition) is 2. The highest BCUT2D eigenvalue weighted by atomic mass is 32.2. The fraction of sp³-hybridized carbons (Fsp3) is 0.429. The first-order valence-electron chi connectivity index (χ1n) is 6.33. The Bertz CT molecular complexity index is 464. The van der Waals surface area contributed by atoms with E-state index in [0.29, 0.717) is 6.04 Å². The topological polar surface area (TPSA) is 27.8 Å². The van der Waals surface area contributed by atoms with E-state index < -0.39 is 0 Å². The van der Waals surface area contributed by atoms with E-state index in [1.165, 1.54) is 35.1 Å². The van der Waals surface area contributed by atoms with Gasteiger partial charge in [-0.3, -0.25) is 4.72 Å². The summed E-state index contributed by atoms with van der Waals surface area (Å²) >= 11 is 1.75. The third kappa shape index (κ3) is 3.27. The van der Waals surface area contributed by atoms with E-state index in [1.807, 2.05) is 6.20 Å². The van der Waals surface area contributed by atoms with Crippen LogP contribution in [0.2, 0.25) is 0 Å². The summed E-state index contributed by atoms with van der Waals surface area (Å²) in [5.41, 5.74) is 1.20. The van der Waals surface area contributed by atoms with Gasteiger partial charge >= 0.3 is 0 Å². The van der Waals surface area contributed by atoms with Crippen molar-refractivity contribution in [2.24, 2.45) is 0 Å². The van der Waals surface area contributed by atoms with E-state index in [4.69, 9.17) is 0 Å². The molecule has 3 heteroatoms. The van der Waals surface area contributed by atoms with Crippen LogP contribution in [-0.4, -0.2) is 11.0 Å². The zero-order chi connectivity index (χ0) is 12.1. The van der Waals surface area contributed by atoms with Crippen molar-refractivity contribution in [1.29, 1.82) is 0 Å². The molecule has 2 rings (SSSR count). The molecule has 0 aliphatic rings. The predicted molar refractivity (Wildman–Crippen MR) is 76.3 cm³/mol. The van der Waals surface area contributed by atoms with Crippen LogP contribution in [0.15, 0.2) is 35.4 Å².